The zero-order valence-corrected chi connectivity index (χ0v) is 13.2. The van der Waals surface area contributed by atoms with Crippen LogP contribution in [0.1, 0.15) is 23.2 Å². The van der Waals surface area contributed by atoms with E-state index in [0.29, 0.717) is 30.3 Å². The Hall–Kier alpha value is -0.620. The summed E-state index contributed by atoms with van der Waals surface area (Å²) < 4.78 is 12.2. The van der Waals surface area contributed by atoms with Crippen molar-refractivity contribution < 1.29 is 14.3 Å². The summed E-state index contributed by atoms with van der Waals surface area (Å²) in [5.74, 6) is -0.629. The first-order valence-corrected chi connectivity index (χ1v) is 7.78. The number of hydrogen-bond donors (Lipinski definition) is 0. The van der Waals surface area contributed by atoms with E-state index < -0.39 is 5.79 Å². The molecule has 0 aromatic heterocycles. The summed E-state index contributed by atoms with van der Waals surface area (Å²) in [6.45, 7) is 2.41. The Bertz CT molecular complexity index is 511. The molecule has 1 aromatic carbocycles. The minimum absolute atomic E-state index is 0.0358. The van der Waals surface area contributed by atoms with Crippen LogP contribution in [0.3, 0.4) is 0 Å². The molecule has 6 heteroatoms. The minimum atomic E-state index is -0.594. The van der Waals surface area contributed by atoms with Crippen molar-refractivity contribution in [3.63, 3.8) is 0 Å². The number of rotatable bonds is 1. The summed E-state index contributed by atoms with van der Waals surface area (Å²) in [5, 5.41) is 0.544. The zero-order chi connectivity index (χ0) is 14.2. The molecule has 2 aliphatic rings. The predicted molar refractivity (Wildman–Crippen MR) is 78.9 cm³/mol. The molecule has 2 aliphatic heterocycles. The molecule has 0 radical (unpaired) electrons. The number of carbonyl (C=O) groups excluding carboxylic acids is 1. The van der Waals surface area contributed by atoms with E-state index in [1.165, 1.54) is 0 Å². The van der Waals surface area contributed by atoms with Crippen LogP contribution >= 0.6 is 27.5 Å². The van der Waals surface area contributed by atoms with Gasteiger partial charge >= 0.3 is 0 Å². The van der Waals surface area contributed by atoms with Gasteiger partial charge < -0.3 is 14.4 Å². The lowest BCUT2D eigenvalue weighted by Crippen LogP contribution is -2.51. The van der Waals surface area contributed by atoms with Crippen molar-refractivity contribution in [1.82, 2.24) is 4.90 Å². The van der Waals surface area contributed by atoms with Gasteiger partial charge in [0.15, 0.2) is 5.79 Å². The molecule has 2 saturated heterocycles. The molecule has 3 rings (SSSR count). The predicted octanol–water partition coefficient (Wildman–Crippen LogP) is 3.08. The first-order chi connectivity index (χ1) is 9.58. The maximum absolute atomic E-state index is 12.6. The fourth-order valence-electron chi connectivity index (χ4n) is 2.75. The van der Waals surface area contributed by atoms with Gasteiger partial charge in [0.2, 0.25) is 0 Å². The largest absolute Gasteiger partial charge is 0.346 e. The zero-order valence-electron chi connectivity index (χ0n) is 10.9. The van der Waals surface area contributed by atoms with Crippen molar-refractivity contribution in [2.24, 2.45) is 0 Å². The Morgan fingerprint density at radius 1 is 1.30 bits per heavy atom. The molecule has 1 aromatic rings. The quantitative estimate of drug-likeness (QED) is 0.772. The van der Waals surface area contributed by atoms with E-state index in [9.17, 15) is 4.79 Å². The third-order valence-electron chi connectivity index (χ3n) is 3.63. The Balaban J connectivity index is 1.79. The molecule has 1 spiro atoms. The smallest absolute Gasteiger partial charge is 0.254 e. The van der Waals surface area contributed by atoms with Gasteiger partial charge in [-0.15, -0.1) is 0 Å². The van der Waals surface area contributed by atoms with Gasteiger partial charge in [-0.1, -0.05) is 27.5 Å². The Morgan fingerprint density at radius 3 is 2.75 bits per heavy atom. The van der Waals surface area contributed by atoms with Crippen molar-refractivity contribution in [2.75, 3.05) is 26.3 Å². The number of amides is 1. The van der Waals surface area contributed by atoms with Gasteiger partial charge in [-0.2, -0.15) is 0 Å². The summed E-state index contributed by atoms with van der Waals surface area (Å²) >= 11 is 9.36. The molecule has 108 valence electrons. The molecule has 20 heavy (non-hydrogen) atoms. The van der Waals surface area contributed by atoms with Gasteiger partial charge in [-0.3, -0.25) is 4.79 Å². The monoisotopic (exact) mass is 359 g/mol. The van der Waals surface area contributed by atoms with Crippen LogP contribution in [0.25, 0.3) is 0 Å². The van der Waals surface area contributed by atoms with Crippen LogP contribution in [0.15, 0.2) is 22.7 Å². The molecule has 0 N–H and O–H groups in total. The van der Waals surface area contributed by atoms with Gasteiger partial charge in [-0.25, -0.2) is 0 Å². The van der Waals surface area contributed by atoms with Crippen molar-refractivity contribution in [3.05, 3.63) is 33.3 Å². The fourth-order valence-corrected chi connectivity index (χ4v) is 3.61. The van der Waals surface area contributed by atoms with E-state index in [0.717, 1.165) is 23.9 Å². The number of carbonyl (C=O) groups is 1. The number of halogens is 2. The maximum atomic E-state index is 12.6. The van der Waals surface area contributed by atoms with E-state index in [1.54, 1.807) is 23.1 Å². The van der Waals surface area contributed by atoms with Crippen molar-refractivity contribution in [3.8, 4) is 0 Å². The molecular weight excluding hydrogens is 346 g/mol. The van der Waals surface area contributed by atoms with Gasteiger partial charge in [0.05, 0.1) is 19.8 Å². The highest BCUT2D eigenvalue weighted by Crippen LogP contribution is 2.31. The summed E-state index contributed by atoms with van der Waals surface area (Å²) in [5.41, 5.74) is 0.583. The molecule has 0 bridgehead atoms. The lowest BCUT2D eigenvalue weighted by molar-refractivity contribution is -0.183. The SMILES string of the molecule is O=C(c1cc(Cl)cc(Br)c1)N1CCCC2(C1)OCCO2. The topological polar surface area (TPSA) is 38.8 Å². The van der Waals surface area contributed by atoms with Crippen LogP contribution < -0.4 is 0 Å². The van der Waals surface area contributed by atoms with Crippen molar-refractivity contribution in [1.29, 1.82) is 0 Å². The Kier molecular flexibility index (Phi) is 4.04. The molecule has 0 atom stereocenters. The van der Waals surface area contributed by atoms with Gasteiger partial charge in [0.25, 0.3) is 5.91 Å². The lowest BCUT2D eigenvalue weighted by Gasteiger charge is -2.38. The van der Waals surface area contributed by atoms with Crippen LogP contribution in [0, 0.1) is 0 Å². The third-order valence-corrected chi connectivity index (χ3v) is 4.30. The van der Waals surface area contributed by atoms with Crippen LogP contribution in [0.4, 0.5) is 0 Å². The minimum Gasteiger partial charge on any atom is -0.346 e. The molecule has 0 unspecified atom stereocenters. The second-order valence-electron chi connectivity index (χ2n) is 5.10. The first-order valence-electron chi connectivity index (χ1n) is 6.61. The maximum Gasteiger partial charge on any atom is 0.254 e. The second-order valence-corrected chi connectivity index (χ2v) is 6.45. The van der Waals surface area contributed by atoms with Crippen LogP contribution in [-0.4, -0.2) is 42.9 Å². The molecule has 4 nitrogen and oxygen atoms in total. The number of piperidine rings is 1. The third kappa shape index (κ3) is 2.86. The standard InChI is InChI=1S/C14H15BrClNO3/c15-11-6-10(7-12(16)8-11)13(18)17-3-1-2-14(9-17)19-4-5-20-14/h6-8H,1-5,9H2. The first kappa shape index (κ1) is 14.3. The van der Waals surface area contributed by atoms with Gasteiger partial charge in [0.1, 0.15) is 0 Å². The van der Waals surface area contributed by atoms with E-state index in [4.69, 9.17) is 21.1 Å². The average molecular weight is 361 g/mol. The second kappa shape index (κ2) is 5.64. The highest BCUT2D eigenvalue weighted by atomic mass is 79.9. The van der Waals surface area contributed by atoms with Crippen LogP contribution in [-0.2, 0) is 9.47 Å². The van der Waals surface area contributed by atoms with E-state index >= 15 is 0 Å². The van der Waals surface area contributed by atoms with E-state index in [2.05, 4.69) is 15.9 Å². The Morgan fingerprint density at radius 2 is 2.05 bits per heavy atom. The highest BCUT2D eigenvalue weighted by molar-refractivity contribution is 9.10. The number of likely N-dealkylation sites (tertiary alicyclic amines) is 1. The summed E-state index contributed by atoms with van der Waals surface area (Å²) in [7, 11) is 0. The molecule has 2 heterocycles. The number of nitrogens with zero attached hydrogens (tertiary/aromatic N) is 1. The number of benzene rings is 1. The molecular formula is C14H15BrClNO3. The van der Waals surface area contributed by atoms with E-state index in [1.807, 2.05) is 0 Å². The molecule has 1 amide bonds. The Labute approximate surface area is 131 Å². The summed E-state index contributed by atoms with van der Waals surface area (Å²) in [4.78, 5) is 14.4. The highest BCUT2D eigenvalue weighted by Gasteiger charge is 2.42. The van der Waals surface area contributed by atoms with Crippen molar-refractivity contribution in [2.45, 2.75) is 18.6 Å². The number of hydrogen-bond acceptors (Lipinski definition) is 3. The van der Waals surface area contributed by atoms with Crippen molar-refractivity contribution >= 4 is 33.4 Å². The number of ether oxygens (including phenoxy) is 2. The van der Waals surface area contributed by atoms with Crippen LogP contribution in [0.2, 0.25) is 5.02 Å². The summed E-state index contributed by atoms with van der Waals surface area (Å²) in [6.07, 6.45) is 1.73. The van der Waals surface area contributed by atoms with Gasteiger partial charge in [0, 0.05) is 28.0 Å². The lowest BCUT2D eigenvalue weighted by atomic mass is 10.0. The molecule has 0 aliphatic carbocycles. The average Bonchev–Trinajstić information content (AvgIpc) is 2.85. The van der Waals surface area contributed by atoms with Gasteiger partial charge in [-0.05, 0) is 24.6 Å². The van der Waals surface area contributed by atoms with E-state index in [-0.39, 0.29) is 5.91 Å². The molecule has 2 fully saturated rings. The summed E-state index contributed by atoms with van der Waals surface area (Å²) in [6, 6.07) is 5.23. The molecule has 0 saturated carbocycles. The normalized spacial score (nSPS) is 21.4. The van der Waals surface area contributed by atoms with Crippen LogP contribution in [0.5, 0.6) is 0 Å². The fraction of sp³-hybridized carbons (Fsp3) is 0.500.